The number of nitrogens with zero attached hydrogens (tertiary/aromatic N) is 1. The predicted molar refractivity (Wildman–Crippen MR) is 184 cm³/mol. The van der Waals surface area contributed by atoms with Crippen molar-refractivity contribution in [1.29, 1.82) is 0 Å². The average Bonchev–Trinajstić information content (AvgIpc) is 3.01. The first-order valence-corrected chi connectivity index (χ1v) is 19.7. The zero-order chi connectivity index (χ0) is 33.0. The number of ether oxygens (including phenoxy) is 2. The van der Waals surface area contributed by atoms with E-state index < -0.39 is 23.7 Å². The Labute approximate surface area is 281 Å². The Morgan fingerprint density at radius 2 is 1.35 bits per heavy atom. The van der Waals surface area contributed by atoms with Crippen LogP contribution in [-0.4, -0.2) is 84.1 Å². The van der Waals surface area contributed by atoms with Gasteiger partial charge in [0, 0.05) is 36.5 Å². The molecule has 11 unspecified atom stereocenters. The number of hydrogen-bond donors (Lipinski definition) is 3. The molecule has 0 bridgehead atoms. The van der Waals surface area contributed by atoms with E-state index >= 15 is 0 Å². The van der Waals surface area contributed by atoms with Crippen LogP contribution in [0.1, 0.15) is 131 Å². The van der Waals surface area contributed by atoms with Gasteiger partial charge < -0.3 is 29.7 Å². The van der Waals surface area contributed by atoms with Crippen LogP contribution in [0.4, 0.5) is 0 Å². The highest BCUT2D eigenvalue weighted by molar-refractivity contribution is 5.19. The van der Waals surface area contributed by atoms with Gasteiger partial charge in [-0.15, -0.1) is 0 Å². The molecule has 6 aliphatic rings. The van der Waals surface area contributed by atoms with Crippen molar-refractivity contribution in [3.63, 3.8) is 0 Å². The van der Waals surface area contributed by atoms with Crippen LogP contribution in [0.25, 0.3) is 0 Å². The van der Waals surface area contributed by atoms with Gasteiger partial charge in [-0.3, -0.25) is 0 Å². The number of hydrogen-bond acceptors (Lipinski definition) is 6. The first-order valence-electron chi connectivity index (χ1n) is 19.7. The highest BCUT2D eigenvalue weighted by Gasteiger charge is 2.71. The van der Waals surface area contributed by atoms with E-state index in [4.69, 9.17) is 9.47 Å². The Bertz CT molecular complexity index is 1010. The smallest absolute Gasteiger partial charge is 0.0679 e. The van der Waals surface area contributed by atoms with Gasteiger partial charge in [0.1, 0.15) is 0 Å². The fourth-order valence-electron chi connectivity index (χ4n) is 13.3. The van der Waals surface area contributed by atoms with E-state index in [-0.39, 0.29) is 46.7 Å². The van der Waals surface area contributed by atoms with Crippen molar-refractivity contribution in [3.05, 3.63) is 0 Å². The van der Waals surface area contributed by atoms with Crippen molar-refractivity contribution in [2.75, 3.05) is 27.3 Å². The summed E-state index contributed by atoms with van der Waals surface area (Å²) in [5, 5.41) is 36.4. The normalized spacial score (nSPS) is 49.6. The van der Waals surface area contributed by atoms with E-state index in [1.165, 1.54) is 64.2 Å². The standard InChI is InChI=1S/C40H71NO5/c1-25-35-36(43)34-29(30(41(6)7)18-19-31(34)45-22-27-14-10-8-11-15-27)20-38(35,3)24-39(4)21-32(46-23-28-16-12-9-13-17-28)33(26(2)42)37(44)40(25,39)5/h25-37,42-44H,8-24H2,1-7H3/t25?,26?,29?,30?,31?,32?,33?,34?,35?,36?,37?,38-,39+,40+/m0/s1. The van der Waals surface area contributed by atoms with Crippen LogP contribution in [0.2, 0.25) is 0 Å². The monoisotopic (exact) mass is 646 g/mol. The maximum atomic E-state index is 12.7. The van der Waals surface area contributed by atoms with E-state index in [2.05, 4.69) is 46.7 Å². The van der Waals surface area contributed by atoms with Gasteiger partial charge in [0.05, 0.1) is 30.5 Å². The second-order valence-corrected chi connectivity index (χ2v) is 18.8. The van der Waals surface area contributed by atoms with Gasteiger partial charge in [-0.2, -0.15) is 0 Å². The van der Waals surface area contributed by atoms with Crippen molar-refractivity contribution in [2.45, 2.75) is 167 Å². The maximum Gasteiger partial charge on any atom is 0.0679 e. The van der Waals surface area contributed by atoms with E-state index in [1.54, 1.807) is 0 Å². The molecule has 0 aromatic rings. The number of aliphatic hydroxyl groups excluding tert-OH is 3. The van der Waals surface area contributed by atoms with Gasteiger partial charge in [0.25, 0.3) is 0 Å². The molecule has 6 nitrogen and oxygen atoms in total. The molecule has 6 aliphatic carbocycles. The van der Waals surface area contributed by atoms with Crippen molar-refractivity contribution < 1.29 is 24.8 Å². The number of fused-ring (bicyclic) bond motifs is 3. The minimum absolute atomic E-state index is 0.0426. The Hall–Kier alpha value is -0.240. The van der Waals surface area contributed by atoms with Gasteiger partial charge in [-0.1, -0.05) is 66.2 Å². The fourth-order valence-corrected chi connectivity index (χ4v) is 13.3. The Morgan fingerprint density at radius 1 is 0.783 bits per heavy atom. The summed E-state index contributed by atoms with van der Waals surface area (Å²) < 4.78 is 13.7. The molecule has 6 fully saturated rings. The van der Waals surface area contributed by atoms with Crippen LogP contribution in [-0.2, 0) is 9.47 Å². The van der Waals surface area contributed by atoms with Gasteiger partial charge in [-0.25, -0.2) is 0 Å². The molecule has 6 heteroatoms. The fraction of sp³-hybridized carbons (Fsp3) is 1.00. The van der Waals surface area contributed by atoms with Gasteiger partial charge in [-0.05, 0) is 119 Å². The van der Waals surface area contributed by atoms with E-state index in [0.717, 1.165) is 45.3 Å². The van der Waals surface area contributed by atoms with E-state index in [1.807, 2.05) is 6.92 Å². The molecule has 0 radical (unpaired) electrons. The lowest BCUT2D eigenvalue weighted by molar-refractivity contribution is -0.294. The highest BCUT2D eigenvalue weighted by atomic mass is 16.5. The summed E-state index contributed by atoms with van der Waals surface area (Å²) >= 11 is 0. The highest BCUT2D eigenvalue weighted by Crippen LogP contribution is 2.72. The molecule has 0 aliphatic heterocycles. The lowest BCUT2D eigenvalue weighted by Crippen LogP contribution is -2.72. The third-order valence-electron chi connectivity index (χ3n) is 15.8. The van der Waals surface area contributed by atoms with Gasteiger partial charge in [0.2, 0.25) is 0 Å². The molecule has 0 aromatic heterocycles. The van der Waals surface area contributed by atoms with Crippen LogP contribution in [0.15, 0.2) is 0 Å². The zero-order valence-corrected chi connectivity index (χ0v) is 30.6. The summed E-state index contributed by atoms with van der Waals surface area (Å²) in [6.07, 6.45) is 16.2. The lowest BCUT2D eigenvalue weighted by Gasteiger charge is -2.72. The Morgan fingerprint density at radius 3 is 1.89 bits per heavy atom. The molecule has 0 amide bonds. The molecule has 0 spiro atoms. The van der Waals surface area contributed by atoms with E-state index in [9.17, 15) is 15.3 Å². The van der Waals surface area contributed by atoms with Crippen LogP contribution < -0.4 is 0 Å². The minimum atomic E-state index is -0.689. The summed E-state index contributed by atoms with van der Waals surface area (Å²) in [6.45, 7) is 13.0. The maximum absolute atomic E-state index is 12.7. The Balaban J connectivity index is 1.28. The predicted octanol–water partition coefficient (Wildman–Crippen LogP) is 7.07. The third kappa shape index (κ3) is 6.18. The molecule has 46 heavy (non-hydrogen) atoms. The number of aliphatic hydroxyl groups is 3. The molecular formula is C40H71NO5. The summed E-state index contributed by atoms with van der Waals surface area (Å²) in [4.78, 5) is 2.43. The van der Waals surface area contributed by atoms with Crippen LogP contribution in [0.5, 0.6) is 0 Å². The van der Waals surface area contributed by atoms with E-state index in [0.29, 0.717) is 23.8 Å². The molecule has 0 aromatic carbocycles. The third-order valence-corrected chi connectivity index (χ3v) is 15.8. The van der Waals surface area contributed by atoms with Crippen LogP contribution in [0, 0.1) is 57.7 Å². The quantitative estimate of drug-likeness (QED) is 0.262. The van der Waals surface area contributed by atoms with Crippen molar-refractivity contribution in [2.24, 2.45) is 57.7 Å². The summed E-state index contributed by atoms with van der Waals surface area (Å²) in [5.74, 6) is 1.65. The second kappa shape index (κ2) is 13.8. The molecule has 14 atom stereocenters. The van der Waals surface area contributed by atoms with Gasteiger partial charge in [0.15, 0.2) is 0 Å². The lowest BCUT2D eigenvalue weighted by atomic mass is 9.35. The molecule has 266 valence electrons. The first kappa shape index (κ1) is 35.6. The summed E-state index contributed by atoms with van der Waals surface area (Å²) in [7, 11) is 4.46. The molecule has 0 saturated heterocycles. The Kier molecular flexibility index (Phi) is 10.7. The first-order chi connectivity index (χ1) is 21.8. The van der Waals surface area contributed by atoms with Crippen molar-refractivity contribution in [1.82, 2.24) is 4.90 Å². The number of rotatable bonds is 8. The molecular weight excluding hydrogens is 574 g/mol. The van der Waals surface area contributed by atoms with Crippen LogP contribution >= 0.6 is 0 Å². The molecule has 6 rings (SSSR count). The molecule has 0 heterocycles. The SMILES string of the molecule is CC(O)C1C(OCC2CCCCC2)C[C@]2(C)C[C@]3(C)CC4C(C(OCC5CCCCC5)CCC4N(C)C)C(O)C3C(C)[C@]2(C)C1O. The topological polar surface area (TPSA) is 82.4 Å². The molecule has 6 saturated carbocycles. The second-order valence-electron chi connectivity index (χ2n) is 18.8. The average molecular weight is 646 g/mol. The summed E-state index contributed by atoms with van der Waals surface area (Å²) in [6, 6.07) is 0.450. The largest absolute Gasteiger partial charge is 0.393 e. The van der Waals surface area contributed by atoms with Crippen molar-refractivity contribution >= 4 is 0 Å². The van der Waals surface area contributed by atoms with Gasteiger partial charge >= 0.3 is 0 Å². The minimum Gasteiger partial charge on any atom is -0.393 e. The summed E-state index contributed by atoms with van der Waals surface area (Å²) in [5.41, 5.74) is -0.643. The van der Waals surface area contributed by atoms with Crippen molar-refractivity contribution in [3.8, 4) is 0 Å². The molecule has 3 N–H and O–H groups in total. The zero-order valence-electron chi connectivity index (χ0n) is 30.6. The van der Waals surface area contributed by atoms with Crippen LogP contribution in [0.3, 0.4) is 0 Å².